The van der Waals surface area contributed by atoms with Crippen molar-refractivity contribution in [3.8, 4) is 0 Å². The van der Waals surface area contributed by atoms with Gasteiger partial charge in [0.05, 0.1) is 17.6 Å². The molecule has 5 rings (SSSR count). The molecule has 2 aromatic rings. The van der Waals surface area contributed by atoms with Crippen LogP contribution in [0.1, 0.15) is 61.6 Å². The summed E-state index contributed by atoms with van der Waals surface area (Å²) >= 11 is 1.50. The molecule has 2 amide bonds. The van der Waals surface area contributed by atoms with E-state index in [1.54, 1.807) is 13.1 Å². The average Bonchev–Trinajstić information content (AvgIpc) is 3.20. The molecule has 8 nitrogen and oxygen atoms in total. The molecule has 1 saturated carbocycles. The third-order valence-electron chi connectivity index (χ3n) is 8.73. The Morgan fingerprint density at radius 2 is 1.95 bits per heavy atom. The standard InChI is InChI=1S/C29H37F2N5O3S/c1-16-12-24(40-4)23(27(37)34-16)13-33-28(38)25-18(3)36(26-22(25)6-5-11-32-26)17(2)19-7-9-20(10-8-19)35-14-21(15-35)39-29(30)31/h5-6,11-12,17,19-21,23,29H,7-10,13-15H2,1-4H3,(H,33,38)/t17-,19?,20?,23?/m1/s1. The number of hydrogen-bond donors (Lipinski definition) is 1. The van der Waals surface area contributed by atoms with Crippen LogP contribution in [0, 0.1) is 18.8 Å². The number of carbonyl (C=O) groups excluding carboxylic acids is 2. The number of halogens is 2. The number of nitrogens with one attached hydrogen (secondary N) is 1. The van der Waals surface area contributed by atoms with Crippen LogP contribution in [0.25, 0.3) is 11.0 Å². The number of pyridine rings is 1. The molecule has 2 aromatic heterocycles. The van der Waals surface area contributed by atoms with Crippen molar-refractivity contribution in [1.82, 2.24) is 19.8 Å². The van der Waals surface area contributed by atoms with Crippen LogP contribution >= 0.6 is 11.8 Å². The number of hydrogen-bond acceptors (Lipinski definition) is 6. The highest BCUT2D eigenvalue weighted by molar-refractivity contribution is 8.02. The molecule has 216 valence electrons. The van der Waals surface area contributed by atoms with Crippen LogP contribution in [0.3, 0.4) is 0 Å². The molecule has 0 bridgehead atoms. The normalized spacial score (nSPS) is 25.1. The van der Waals surface area contributed by atoms with Gasteiger partial charge < -0.3 is 14.6 Å². The fraction of sp³-hybridized carbons (Fsp3) is 0.586. The number of thioether (sulfide) groups is 1. The van der Waals surface area contributed by atoms with E-state index in [0.29, 0.717) is 36.3 Å². The molecule has 2 atom stereocenters. The Morgan fingerprint density at radius 3 is 2.62 bits per heavy atom. The van der Waals surface area contributed by atoms with Crippen molar-refractivity contribution in [2.75, 3.05) is 25.9 Å². The third kappa shape index (κ3) is 5.73. The number of aromatic nitrogens is 2. The number of nitrogens with zero attached hydrogens (tertiary/aromatic N) is 4. The summed E-state index contributed by atoms with van der Waals surface area (Å²) in [5.41, 5.74) is 2.92. The van der Waals surface area contributed by atoms with Crippen LogP contribution in [-0.4, -0.2) is 76.6 Å². The first-order valence-corrected chi connectivity index (χ1v) is 15.2. The first kappa shape index (κ1) is 28.9. The van der Waals surface area contributed by atoms with Crippen LogP contribution < -0.4 is 5.32 Å². The van der Waals surface area contributed by atoms with Crippen molar-refractivity contribution in [3.05, 3.63) is 40.6 Å². The van der Waals surface area contributed by atoms with Gasteiger partial charge in [-0.3, -0.25) is 14.5 Å². The van der Waals surface area contributed by atoms with Crippen molar-refractivity contribution in [3.63, 3.8) is 0 Å². The van der Waals surface area contributed by atoms with Crippen molar-refractivity contribution in [2.24, 2.45) is 16.8 Å². The zero-order chi connectivity index (χ0) is 28.6. The number of rotatable bonds is 9. The Hall–Kier alpha value is -2.63. The number of dihydropyridines is 1. The number of aliphatic imine (C=N–C) groups is 1. The van der Waals surface area contributed by atoms with Crippen molar-refractivity contribution < 1.29 is 23.1 Å². The summed E-state index contributed by atoms with van der Waals surface area (Å²) in [5.74, 6) is -0.520. The van der Waals surface area contributed by atoms with Gasteiger partial charge in [-0.15, -0.1) is 11.8 Å². The molecule has 1 unspecified atom stereocenters. The van der Waals surface area contributed by atoms with E-state index >= 15 is 0 Å². The van der Waals surface area contributed by atoms with Gasteiger partial charge in [-0.25, -0.2) is 9.98 Å². The molecule has 0 spiro atoms. The molecule has 2 aliphatic heterocycles. The summed E-state index contributed by atoms with van der Waals surface area (Å²) in [7, 11) is 0. The largest absolute Gasteiger partial charge is 0.351 e. The third-order valence-corrected chi connectivity index (χ3v) is 9.61. The van der Waals surface area contributed by atoms with Gasteiger partial charge in [-0.1, -0.05) is 0 Å². The number of allylic oxidation sites excluding steroid dienone is 1. The maximum Gasteiger partial charge on any atom is 0.345 e. The highest BCUT2D eigenvalue weighted by Gasteiger charge is 2.38. The molecule has 2 fully saturated rings. The smallest absolute Gasteiger partial charge is 0.345 e. The van der Waals surface area contributed by atoms with E-state index < -0.39 is 12.5 Å². The van der Waals surface area contributed by atoms with E-state index in [4.69, 9.17) is 0 Å². The lowest BCUT2D eigenvalue weighted by atomic mass is 9.80. The molecule has 4 heterocycles. The second-order valence-electron chi connectivity index (χ2n) is 11.1. The zero-order valence-electron chi connectivity index (χ0n) is 23.4. The summed E-state index contributed by atoms with van der Waals surface area (Å²) in [6.45, 7) is 4.59. The lowest BCUT2D eigenvalue weighted by Crippen LogP contribution is -2.57. The zero-order valence-corrected chi connectivity index (χ0v) is 24.2. The van der Waals surface area contributed by atoms with Gasteiger partial charge in [0.1, 0.15) is 5.65 Å². The van der Waals surface area contributed by atoms with E-state index in [-0.39, 0.29) is 30.5 Å². The molecule has 0 aromatic carbocycles. The average molecular weight is 574 g/mol. The number of likely N-dealkylation sites (tertiary alicyclic amines) is 1. The Labute approximate surface area is 237 Å². The van der Waals surface area contributed by atoms with Crippen molar-refractivity contribution >= 4 is 40.3 Å². The molecule has 1 saturated heterocycles. The maximum absolute atomic E-state index is 13.6. The van der Waals surface area contributed by atoms with Crippen LogP contribution in [-0.2, 0) is 9.53 Å². The number of amides is 2. The number of carbonyl (C=O) groups is 2. The molecule has 0 radical (unpaired) electrons. The molecule has 1 aliphatic carbocycles. The van der Waals surface area contributed by atoms with Gasteiger partial charge in [0, 0.05) is 59.6 Å². The molecule has 11 heteroatoms. The minimum atomic E-state index is -2.71. The Balaban J connectivity index is 1.28. The highest BCUT2D eigenvalue weighted by atomic mass is 32.2. The highest BCUT2D eigenvalue weighted by Crippen LogP contribution is 2.39. The van der Waals surface area contributed by atoms with E-state index in [9.17, 15) is 18.4 Å². The Kier molecular flexibility index (Phi) is 8.72. The summed E-state index contributed by atoms with van der Waals surface area (Å²) in [6, 6.07) is 4.31. The van der Waals surface area contributed by atoms with E-state index in [1.807, 2.05) is 31.4 Å². The van der Waals surface area contributed by atoms with Gasteiger partial charge in [-0.05, 0) is 76.8 Å². The SMILES string of the molecule is CSC1=CC(C)=NC(=O)C1CNC(=O)c1c(C)n([C@H](C)C2CCC(N3CC(OC(F)F)C3)CC2)c2ncccc12. The number of alkyl halides is 2. The Bertz CT molecular complexity index is 1330. The van der Waals surface area contributed by atoms with Gasteiger partial charge in [0.25, 0.3) is 11.8 Å². The van der Waals surface area contributed by atoms with Gasteiger partial charge in [0.2, 0.25) is 0 Å². The molecule has 1 N–H and O–H groups in total. The quantitative estimate of drug-likeness (QED) is 0.455. The summed E-state index contributed by atoms with van der Waals surface area (Å²) in [4.78, 5) is 38.0. The molecular weight excluding hydrogens is 536 g/mol. The molecular formula is C29H37F2N5O3S. The fourth-order valence-electron chi connectivity index (χ4n) is 6.59. The summed E-state index contributed by atoms with van der Waals surface area (Å²) in [6.07, 6.45) is 9.27. The topological polar surface area (TPSA) is 88.8 Å². The van der Waals surface area contributed by atoms with Crippen LogP contribution in [0.5, 0.6) is 0 Å². The van der Waals surface area contributed by atoms with Gasteiger partial charge in [0.15, 0.2) is 0 Å². The molecule has 40 heavy (non-hydrogen) atoms. The van der Waals surface area contributed by atoms with E-state index in [2.05, 4.69) is 36.4 Å². The fourth-order valence-corrected chi connectivity index (χ4v) is 7.34. The summed E-state index contributed by atoms with van der Waals surface area (Å²) in [5, 5.41) is 3.80. The van der Waals surface area contributed by atoms with E-state index in [0.717, 1.165) is 47.3 Å². The van der Waals surface area contributed by atoms with Crippen LogP contribution in [0.15, 0.2) is 34.3 Å². The second kappa shape index (κ2) is 12.1. The van der Waals surface area contributed by atoms with Gasteiger partial charge in [-0.2, -0.15) is 8.78 Å². The number of ether oxygens (including phenoxy) is 1. The first-order chi connectivity index (χ1) is 19.2. The van der Waals surface area contributed by atoms with Gasteiger partial charge >= 0.3 is 6.61 Å². The monoisotopic (exact) mass is 573 g/mol. The minimum absolute atomic E-state index is 0.134. The van der Waals surface area contributed by atoms with Crippen molar-refractivity contribution in [1.29, 1.82) is 0 Å². The van der Waals surface area contributed by atoms with E-state index in [1.165, 1.54) is 11.8 Å². The predicted molar refractivity (Wildman–Crippen MR) is 153 cm³/mol. The summed E-state index contributed by atoms with van der Waals surface area (Å²) < 4.78 is 31.8. The maximum atomic E-state index is 13.6. The predicted octanol–water partition coefficient (Wildman–Crippen LogP) is 4.98. The molecule has 3 aliphatic rings. The minimum Gasteiger partial charge on any atom is -0.351 e. The van der Waals surface area contributed by atoms with Crippen LogP contribution in [0.2, 0.25) is 0 Å². The number of fused-ring (bicyclic) bond motifs is 1. The first-order valence-electron chi connectivity index (χ1n) is 13.9. The lowest BCUT2D eigenvalue weighted by molar-refractivity contribution is -0.202. The Morgan fingerprint density at radius 1 is 1.23 bits per heavy atom. The lowest BCUT2D eigenvalue weighted by Gasteiger charge is -2.46. The second-order valence-corrected chi connectivity index (χ2v) is 12.0. The van der Waals surface area contributed by atoms with Crippen molar-refractivity contribution in [2.45, 2.75) is 71.3 Å². The van der Waals surface area contributed by atoms with Crippen LogP contribution in [0.4, 0.5) is 8.78 Å².